The molecule has 1 aliphatic carbocycles. The monoisotopic (exact) mass is 374 g/mol. The van der Waals surface area contributed by atoms with Crippen molar-refractivity contribution in [1.29, 1.82) is 0 Å². The zero-order chi connectivity index (χ0) is 18.5. The predicted molar refractivity (Wildman–Crippen MR) is 100 cm³/mol. The minimum Gasteiger partial charge on any atom is -0.455 e. The first-order valence-corrected chi connectivity index (χ1v) is 9.75. The molecule has 1 aliphatic rings. The lowest BCUT2D eigenvalue weighted by Gasteiger charge is -2.08. The summed E-state index contributed by atoms with van der Waals surface area (Å²) in [5.41, 5.74) is 5.22. The first kappa shape index (κ1) is 18.5. The second kappa shape index (κ2) is 8.40. The summed E-state index contributed by atoms with van der Waals surface area (Å²) in [5, 5.41) is 6.65. The van der Waals surface area contributed by atoms with Gasteiger partial charge in [-0.2, -0.15) is 0 Å². The molecule has 0 radical (unpaired) electrons. The van der Waals surface area contributed by atoms with E-state index in [-0.39, 0.29) is 18.3 Å². The van der Waals surface area contributed by atoms with E-state index in [0.717, 1.165) is 42.0 Å². The highest BCUT2D eigenvalue weighted by Gasteiger charge is 2.14. The quantitative estimate of drug-likeness (QED) is 0.750. The van der Waals surface area contributed by atoms with E-state index in [1.54, 1.807) is 0 Å². The summed E-state index contributed by atoms with van der Waals surface area (Å²) in [6, 6.07) is 5.94. The zero-order valence-electron chi connectivity index (χ0n) is 15.0. The lowest BCUT2D eigenvalue weighted by Crippen LogP contribution is -2.21. The molecule has 0 bridgehead atoms. The summed E-state index contributed by atoms with van der Waals surface area (Å²) in [6.45, 7) is 3.44. The van der Waals surface area contributed by atoms with Crippen molar-refractivity contribution >= 4 is 29.3 Å². The molecule has 1 N–H and O–H groups in total. The number of nitrogens with one attached hydrogen (secondary N) is 1. The number of carbonyl (C=O) groups is 2. The number of benzene rings is 1. The van der Waals surface area contributed by atoms with Gasteiger partial charge in [0.15, 0.2) is 6.61 Å². The summed E-state index contributed by atoms with van der Waals surface area (Å²) in [7, 11) is 0. The molecule has 138 valence electrons. The highest BCUT2D eigenvalue weighted by Crippen LogP contribution is 2.25. The standard InChI is InChI=1S/C19H22N2O4S/c1-12-17(13(2)25-21-12)10-26-11-19(23)24-9-18(22)20-16-7-6-14-4-3-5-15(14)8-16/h6-8H,3-5,9-11H2,1-2H3,(H,20,22). The minimum absolute atomic E-state index is 0.177. The Morgan fingerprint density at radius 3 is 2.85 bits per heavy atom. The Kier molecular flexibility index (Phi) is 5.98. The second-order valence-electron chi connectivity index (χ2n) is 6.34. The number of amides is 1. The molecule has 0 aliphatic heterocycles. The van der Waals surface area contributed by atoms with Crippen molar-refractivity contribution in [3.8, 4) is 0 Å². The van der Waals surface area contributed by atoms with E-state index in [2.05, 4.69) is 16.5 Å². The highest BCUT2D eigenvalue weighted by atomic mass is 32.2. The number of aryl methyl sites for hydroxylation is 4. The summed E-state index contributed by atoms with van der Waals surface area (Å²) in [6.07, 6.45) is 3.32. The van der Waals surface area contributed by atoms with Gasteiger partial charge in [0, 0.05) is 17.0 Å². The average Bonchev–Trinajstić information content (AvgIpc) is 3.20. The molecule has 0 saturated carbocycles. The van der Waals surface area contributed by atoms with Gasteiger partial charge in [0.2, 0.25) is 0 Å². The molecule has 1 aromatic heterocycles. The Morgan fingerprint density at radius 2 is 2.08 bits per heavy atom. The number of carbonyl (C=O) groups excluding carboxylic acids is 2. The van der Waals surface area contributed by atoms with Crippen LogP contribution in [0, 0.1) is 13.8 Å². The van der Waals surface area contributed by atoms with Crippen molar-refractivity contribution in [2.75, 3.05) is 17.7 Å². The van der Waals surface area contributed by atoms with Gasteiger partial charge in [-0.3, -0.25) is 9.59 Å². The van der Waals surface area contributed by atoms with Crippen LogP contribution >= 0.6 is 11.8 Å². The maximum absolute atomic E-state index is 12.0. The third-order valence-electron chi connectivity index (χ3n) is 4.39. The number of hydrogen-bond acceptors (Lipinski definition) is 6. The molecule has 7 heteroatoms. The molecule has 1 aromatic carbocycles. The molecule has 0 unspecified atom stereocenters. The van der Waals surface area contributed by atoms with Gasteiger partial charge in [-0.05, 0) is 56.4 Å². The average molecular weight is 374 g/mol. The predicted octanol–water partition coefficient (Wildman–Crippen LogP) is 3.20. The van der Waals surface area contributed by atoms with Gasteiger partial charge in [-0.1, -0.05) is 11.2 Å². The zero-order valence-corrected chi connectivity index (χ0v) is 15.8. The number of aromatic nitrogens is 1. The second-order valence-corrected chi connectivity index (χ2v) is 7.33. The van der Waals surface area contributed by atoms with Gasteiger partial charge in [0.1, 0.15) is 5.76 Å². The summed E-state index contributed by atoms with van der Waals surface area (Å²) in [5.74, 6) is 0.823. The van der Waals surface area contributed by atoms with E-state index in [4.69, 9.17) is 9.26 Å². The molecule has 0 fully saturated rings. The van der Waals surface area contributed by atoms with Crippen LogP contribution in [0.1, 0.15) is 34.6 Å². The third-order valence-corrected chi connectivity index (χ3v) is 5.33. The topological polar surface area (TPSA) is 81.4 Å². The molecule has 26 heavy (non-hydrogen) atoms. The van der Waals surface area contributed by atoms with Crippen LogP contribution in [-0.2, 0) is 32.9 Å². The smallest absolute Gasteiger partial charge is 0.316 e. The lowest BCUT2D eigenvalue weighted by atomic mass is 10.1. The maximum atomic E-state index is 12.0. The van der Waals surface area contributed by atoms with Gasteiger partial charge >= 0.3 is 5.97 Å². The van der Waals surface area contributed by atoms with Gasteiger partial charge < -0.3 is 14.6 Å². The van der Waals surface area contributed by atoms with Crippen LogP contribution in [0.5, 0.6) is 0 Å². The van der Waals surface area contributed by atoms with Crippen molar-refractivity contribution in [2.45, 2.75) is 38.9 Å². The third kappa shape index (κ3) is 4.66. The molecule has 0 spiro atoms. The number of nitrogens with zero attached hydrogens (tertiary/aromatic N) is 1. The van der Waals surface area contributed by atoms with E-state index in [0.29, 0.717) is 5.75 Å². The number of rotatable bonds is 7. The molecule has 0 saturated heterocycles. The molecule has 3 rings (SSSR count). The number of hydrogen-bond donors (Lipinski definition) is 1. The van der Waals surface area contributed by atoms with Gasteiger partial charge in [0.25, 0.3) is 5.91 Å². The number of anilines is 1. The fourth-order valence-corrected chi connectivity index (χ4v) is 3.95. The summed E-state index contributed by atoms with van der Waals surface area (Å²) in [4.78, 5) is 23.7. The molecule has 6 nitrogen and oxygen atoms in total. The molecule has 2 aromatic rings. The number of ether oxygens (including phenoxy) is 1. The molecule has 1 amide bonds. The fourth-order valence-electron chi connectivity index (χ4n) is 2.98. The fraction of sp³-hybridized carbons (Fsp3) is 0.421. The molecular weight excluding hydrogens is 352 g/mol. The van der Waals surface area contributed by atoms with E-state index in [1.165, 1.54) is 22.9 Å². The van der Waals surface area contributed by atoms with Crippen molar-refractivity contribution in [1.82, 2.24) is 5.16 Å². The van der Waals surface area contributed by atoms with Crippen LogP contribution < -0.4 is 5.32 Å². The van der Waals surface area contributed by atoms with Crippen molar-refractivity contribution in [2.24, 2.45) is 0 Å². The van der Waals surface area contributed by atoms with Crippen molar-refractivity contribution in [3.05, 3.63) is 46.3 Å². The normalized spacial score (nSPS) is 12.7. The SMILES string of the molecule is Cc1noc(C)c1CSCC(=O)OCC(=O)Nc1ccc2c(c1)CCC2. The van der Waals surface area contributed by atoms with Crippen LogP contribution in [0.15, 0.2) is 22.7 Å². The Morgan fingerprint density at radius 1 is 1.27 bits per heavy atom. The highest BCUT2D eigenvalue weighted by molar-refractivity contribution is 7.99. The van der Waals surface area contributed by atoms with Crippen LogP contribution in [0.4, 0.5) is 5.69 Å². The Labute approximate surface area is 156 Å². The van der Waals surface area contributed by atoms with Crippen LogP contribution in [0.2, 0.25) is 0 Å². The lowest BCUT2D eigenvalue weighted by molar-refractivity contribution is -0.144. The maximum Gasteiger partial charge on any atom is 0.316 e. The van der Waals surface area contributed by atoms with Crippen molar-refractivity contribution in [3.63, 3.8) is 0 Å². The Hall–Kier alpha value is -2.28. The Balaban J connectivity index is 1.38. The number of thioether (sulfide) groups is 1. The van der Waals surface area contributed by atoms with Crippen LogP contribution in [0.25, 0.3) is 0 Å². The first-order chi connectivity index (χ1) is 12.5. The van der Waals surface area contributed by atoms with Crippen molar-refractivity contribution < 1.29 is 18.8 Å². The number of fused-ring (bicyclic) bond motifs is 1. The van der Waals surface area contributed by atoms with Gasteiger partial charge in [-0.15, -0.1) is 11.8 Å². The summed E-state index contributed by atoms with van der Waals surface area (Å²) >= 11 is 1.41. The Bertz CT molecular complexity index is 796. The van der Waals surface area contributed by atoms with Gasteiger partial charge in [-0.25, -0.2) is 0 Å². The first-order valence-electron chi connectivity index (χ1n) is 8.59. The minimum atomic E-state index is -0.411. The summed E-state index contributed by atoms with van der Waals surface area (Å²) < 4.78 is 10.1. The molecule has 0 atom stereocenters. The van der Waals surface area contributed by atoms with Crippen LogP contribution in [-0.4, -0.2) is 29.4 Å². The van der Waals surface area contributed by atoms with Gasteiger partial charge in [0.05, 0.1) is 11.4 Å². The van der Waals surface area contributed by atoms with E-state index < -0.39 is 5.97 Å². The van der Waals surface area contributed by atoms with E-state index >= 15 is 0 Å². The number of esters is 1. The molecular formula is C19H22N2O4S. The van der Waals surface area contributed by atoms with E-state index in [9.17, 15) is 9.59 Å². The largest absolute Gasteiger partial charge is 0.455 e. The molecule has 1 heterocycles. The van der Waals surface area contributed by atoms with E-state index in [1.807, 2.05) is 26.0 Å². The van der Waals surface area contributed by atoms with Crippen LogP contribution in [0.3, 0.4) is 0 Å².